The fourth-order valence-corrected chi connectivity index (χ4v) is 3.44. The van der Waals surface area contributed by atoms with E-state index in [-0.39, 0.29) is 12.2 Å². The summed E-state index contributed by atoms with van der Waals surface area (Å²) in [5.41, 5.74) is 0. The summed E-state index contributed by atoms with van der Waals surface area (Å²) in [5.74, 6) is 1.76. The second-order valence-electron chi connectivity index (χ2n) is 5.77. The van der Waals surface area contributed by atoms with Gasteiger partial charge in [0.1, 0.15) is 0 Å². The highest BCUT2D eigenvalue weighted by molar-refractivity contribution is 5.84. The zero-order valence-electron chi connectivity index (χ0n) is 10.9. The Morgan fingerprint density at radius 1 is 1.19 bits per heavy atom. The highest BCUT2D eigenvalue weighted by Crippen LogP contribution is 2.34. The van der Waals surface area contributed by atoms with Crippen LogP contribution >= 0.6 is 0 Å². The van der Waals surface area contributed by atoms with Gasteiger partial charge in [-0.2, -0.15) is 0 Å². The number of nitrogens with one attached hydrogen (secondary N) is 1. The van der Waals surface area contributed by atoms with Crippen molar-refractivity contribution in [2.75, 3.05) is 0 Å². The summed E-state index contributed by atoms with van der Waals surface area (Å²) >= 11 is 0. The van der Waals surface area contributed by atoms with Gasteiger partial charge in [-0.05, 0) is 44.9 Å². The molecule has 1 aliphatic carbocycles. The Morgan fingerprint density at radius 2 is 1.88 bits per heavy atom. The van der Waals surface area contributed by atoms with Gasteiger partial charge in [-0.15, -0.1) is 0 Å². The molecule has 2 fully saturated rings. The molecule has 5 unspecified atom stereocenters. The lowest BCUT2D eigenvalue weighted by molar-refractivity contribution is -0.133. The predicted octanol–water partition coefficient (Wildman–Crippen LogP) is 1.98. The quantitative estimate of drug-likeness (QED) is 0.738. The van der Waals surface area contributed by atoms with Crippen molar-refractivity contribution in [3.63, 3.8) is 0 Å². The maximum atomic E-state index is 12.1. The Bertz CT molecular complexity index is 279. The van der Waals surface area contributed by atoms with E-state index in [0.29, 0.717) is 17.9 Å². The van der Waals surface area contributed by atoms with Crippen LogP contribution in [0.15, 0.2) is 0 Å². The van der Waals surface area contributed by atoms with Gasteiger partial charge in [0, 0.05) is 6.04 Å². The van der Waals surface area contributed by atoms with E-state index in [1.165, 1.54) is 19.3 Å². The monoisotopic (exact) mass is 224 g/mol. The number of rotatable bonds is 1. The molecule has 2 aliphatic rings. The van der Waals surface area contributed by atoms with Crippen molar-refractivity contribution in [2.24, 2.45) is 11.8 Å². The number of carbonyl (C=O) groups excluding carboxylic acids is 1. The number of hydrogen-bond acceptors (Lipinski definition) is 2. The molecule has 3 heteroatoms. The summed E-state index contributed by atoms with van der Waals surface area (Å²) in [4.78, 5) is 14.2. The Hall–Kier alpha value is -0.570. The Kier molecular flexibility index (Phi) is 3.24. The average Bonchev–Trinajstić information content (AvgIpc) is 2.43. The van der Waals surface area contributed by atoms with E-state index >= 15 is 0 Å². The molecule has 1 saturated heterocycles. The van der Waals surface area contributed by atoms with Crippen molar-refractivity contribution < 1.29 is 4.79 Å². The molecule has 1 aliphatic heterocycles. The molecule has 3 nitrogen and oxygen atoms in total. The summed E-state index contributed by atoms with van der Waals surface area (Å²) in [6.45, 7) is 8.69. The van der Waals surface area contributed by atoms with Crippen molar-refractivity contribution in [3.8, 4) is 0 Å². The molecule has 1 N–H and O–H groups in total. The van der Waals surface area contributed by atoms with Gasteiger partial charge in [0.15, 0.2) is 0 Å². The molecule has 2 rings (SSSR count). The van der Waals surface area contributed by atoms with Crippen LogP contribution in [0.3, 0.4) is 0 Å². The fourth-order valence-electron chi connectivity index (χ4n) is 3.44. The lowest BCUT2D eigenvalue weighted by Gasteiger charge is -2.40. The first-order valence-electron chi connectivity index (χ1n) is 6.59. The number of carbonyl (C=O) groups is 1. The van der Waals surface area contributed by atoms with E-state index < -0.39 is 0 Å². The SMILES string of the molecule is CC1CCC(N2C(=O)C(C)NC2C)C(C)C1. The lowest BCUT2D eigenvalue weighted by Crippen LogP contribution is -2.48. The molecule has 1 heterocycles. The van der Waals surface area contributed by atoms with Crippen LogP contribution in [-0.2, 0) is 4.79 Å². The number of amides is 1. The summed E-state index contributed by atoms with van der Waals surface area (Å²) < 4.78 is 0. The van der Waals surface area contributed by atoms with Gasteiger partial charge in [0.2, 0.25) is 5.91 Å². The average molecular weight is 224 g/mol. The van der Waals surface area contributed by atoms with E-state index in [9.17, 15) is 4.79 Å². The molecule has 0 spiro atoms. The predicted molar refractivity (Wildman–Crippen MR) is 64.9 cm³/mol. The van der Waals surface area contributed by atoms with Crippen molar-refractivity contribution in [1.29, 1.82) is 0 Å². The first-order chi connectivity index (χ1) is 7.50. The minimum atomic E-state index is 0.00144. The maximum absolute atomic E-state index is 12.1. The van der Waals surface area contributed by atoms with Crippen LogP contribution in [0.25, 0.3) is 0 Å². The minimum Gasteiger partial charge on any atom is -0.323 e. The van der Waals surface area contributed by atoms with Gasteiger partial charge in [-0.1, -0.05) is 13.8 Å². The standard InChI is InChI=1S/C13H24N2O/c1-8-5-6-12(9(2)7-8)15-11(4)14-10(3)13(15)16/h8-12,14H,5-7H2,1-4H3. The lowest BCUT2D eigenvalue weighted by atomic mass is 9.79. The van der Waals surface area contributed by atoms with Gasteiger partial charge in [0.25, 0.3) is 0 Å². The van der Waals surface area contributed by atoms with Crippen LogP contribution in [0, 0.1) is 11.8 Å². The summed E-state index contributed by atoms with van der Waals surface area (Å²) in [6.07, 6.45) is 3.91. The van der Waals surface area contributed by atoms with Gasteiger partial charge in [-0.25, -0.2) is 0 Å². The fraction of sp³-hybridized carbons (Fsp3) is 0.923. The largest absolute Gasteiger partial charge is 0.323 e. The molecule has 16 heavy (non-hydrogen) atoms. The third-order valence-corrected chi connectivity index (χ3v) is 4.28. The topological polar surface area (TPSA) is 32.3 Å². The number of nitrogens with zero attached hydrogens (tertiary/aromatic N) is 1. The van der Waals surface area contributed by atoms with E-state index in [2.05, 4.69) is 31.0 Å². The first-order valence-corrected chi connectivity index (χ1v) is 6.59. The van der Waals surface area contributed by atoms with E-state index in [4.69, 9.17) is 0 Å². The van der Waals surface area contributed by atoms with E-state index in [1.807, 2.05) is 6.92 Å². The molecule has 0 radical (unpaired) electrons. The van der Waals surface area contributed by atoms with Crippen LogP contribution in [0.5, 0.6) is 0 Å². The summed E-state index contributed by atoms with van der Waals surface area (Å²) in [7, 11) is 0. The zero-order chi connectivity index (χ0) is 11.9. The van der Waals surface area contributed by atoms with Gasteiger partial charge >= 0.3 is 0 Å². The molecule has 0 aromatic heterocycles. The molecular formula is C13H24N2O. The van der Waals surface area contributed by atoms with Crippen LogP contribution in [0.1, 0.15) is 47.0 Å². The molecule has 5 atom stereocenters. The Balaban J connectivity index is 2.09. The Morgan fingerprint density at radius 3 is 2.38 bits per heavy atom. The highest BCUT2D eigenvalue weighted by atomic mass is 16.2. The second kappa shape index (κ2) is 4.36. The maximum Gasteiger partial charge on any atom is 0.240 e. The molecule has 0 aromatic carbocycles. The third-order valence-electron chi connectivity index (χ3n) is 4.28. The van der Waals surface area contributed by atoms with Crippen molar-refractivity contribution >= 4 is 5.91 Å². The van der Waals surface area contributed by atoms with Crippen molar-refractivity contribution in [2.45, 2.75) is 65.2 Å². The molecule has 0 bridgehead atoms. The molecular weight excluding hydrogens is 200 g/mol. The van der Waals surface area contributed by atoms with Gasteiger partial charge < -0.3 is 4.90 Å². The smallest absolute Gasteiger partial charge is 0.240 e. The third kappa shape index (κ3) is 1.97. The summed E-state index contributed by atoms with van der Waals surface area (Å²) in [6, 6.07) is 0.456. The second-order valence-corrected chi connectivity index (χ2v) is 5.77. The van der Waals surface area contributed by atoms with E-state index in [1.54, 1.807) is 0 Å². The zero-order valence-corrected chi connectivity index (χ0v) is 10.9. The highest BCUT2D eigenvalue weighted by Gasteiger charge is 2.41. The van der Waals surface area contributed by atoms with Gasteiger partial charge in [0.05, 0.1) is 12.2 Å². The molecule has 1 amide bonds. The van der Waals surface area contributed by atoms with Crippen molar-refractivity contribution in [3.05, 3.63) is 0 Å². The number of hydrogen-bond donors (Lipinski definition) is 1. The molecule has 92 valence electrons. The normalized spacial score (nSPS) is 45.1. The minimum absolute atomic E-state index is 0.00144. The van der Waals surface area contributed by atoms with Crippen molar-refractivity contribution in [1.82, 2.24) is 10.2 Å². The first kappa shape index (κ1) is 11.9. The van der Waals surface area contributed by atoms with Crippen LogP contribution in [0.2, 0.25) is 0 Å². The Labute approximate surface area is 98.6 Å². The van der Waals surface area contributed by atoms with Gasteiger partial charge in [-0.3, -0.25) is 10.1 Å². The van der Waals surface area contributed by atoms with Crippen LogP contribution in [-0.4, -0.2) is 29.1 Å². The van der Waals surface area contributed by atoms with Crippen LogP contribution in [0.4, 0.5) is 0 Å². The summed E-state index contributed by atoms with van der Waals surface area (Å²) in [5, 5.41) is 3.32. The van der Waals surface area contributed by atoms with Crippen LogP contribution < -0.4 is 5.32 Å². The molecule has 1 saturated carbocycles. The molecule has 0 aromatic rings. The van der Waals surface area contributed by atoms with E-state index in [0.717, 1.165) is 5.92 Å².